The first-order valence-electron chi connectivity index (χ1n) is 7.69. The van der Waals surface area contributed by atoms with Crippen molar-refractivity contribution < 1.29 is 4.42 Å². The van der Waals surface area contributed by atoms with Crippen molar-refractivity contribution in [3.63, 3.8) is 0 Å². The number of hydrogen-bond acceptors (Lipinski definition) is 4. The van der Waals surface area contributed by atoms with Gasteiger partial charge in [0.1, 0.15) is 5.76 Å². The fraction of sp³-hybridized carbons (Fsp3) is 0.529. The molecule has 2 aromatic heterocycles. The Balaban J connectivity index is 1.87. The van der Waals surface area contributed by atoms with Gasteiger partial charge >= 0.3 is 0 Å². The second-order valence-corrected chi connectivity index (χ2v) is 6.63. The molecule has 0 aliphatic carbocycles. The van der Waals surface area contributed by atoms with Crippen LogP contribution in [0.4, 0.5) is 0 Å². The molecule has 0 bridgehead atoms. The normalized spacial score (nSPS) is 13.0. The average Bonchev–Trinajstić information content (AvgIpc) is 3.11. The second-order valence-electron chi connectivity index (χ2n) is 5.59. The van der Waals surface area contributed by atoms with E-state index in [2.05, 4.69) is 54.7 Å². The van der Waals surface area contributed by atoms with E-state index < -0.39 is 0 Å². The molecule has 1 atom stereocenters. The zero-order valence-corrected chi connectivity index (χ0v) is 14.1. The molecule has 2 rings (SSSR count). The summed E-state index contributed by atoms with van der Waals surface area (Å²) < 4.78 is 5.61. The van der Waals surface area contributed by atoms with Gasteiger partial charge in [0.15, 0.2) is 0 Å². The van der Waals surface area contributed by atoms with Crippen LogP contribution in [-0.4, -0.2) is 24.5 Å². The molecule has 21 heavy (non-hydrogen) atoms. The number of thiophene rings is 1. The Kier molecular flexibility index (Phi) is 6.49. The molecule has 0 fully saturated rings. The minimum absolute atomic E-state index is 0.523. The molecule has 3 nitrogen and oxygen atoms in total. The lowest BCUT2D eigenvalue weighted by atomic mass is 10.1. The molecular weight excluding hydrogens is 280 g/mol. The van der Waals surface area contributed by atoms with Crippen LogP contribution in [0.2, 0.25) is 0 Å². The van der Waals surface area contributed by atoms with E-state index in [1.54, 1.807) is 6.26 Å². The number of hydrogen-bond donors (Lipinski definition) is 1. The molecule has 1 N–H and O–H groups in total. The lowest BCUT2D eigenvalue weighted by molar-refractivity contribution is 0.247. The third-order valence-corrected chi connectivity index (χ3v) is 4.70. The standard InChI is InChI=1S/C17H26N2OS/c1-4-8-18-12-17-15(7-9-20-17)13-19(3)14(2)11-16-6-5-10-21-16/h5-7,9-10,14,18H,4,8,11-13H2,1-3H3. The molecule has 0 aliphatic rings. The molecule has 2 aromatic rings. The first-order chi connectivity index (χ1) is 10.2. The zero-order chi connectivity index (χ0) is 15.1. The summed E-state index contributed by atoms with van der Waals surface area (Å²) in [5.74, 6) is 1.07. The molecular formula is C17H26N2OS. The van der Waals surface area contributed by atoms with Crippen molar-refractivity contribution in [3.05, 3.63) is 46.0 Å². The van der Waals surface area contributed by atoms with E-state index in [4.69, 9.17) is 4.42 Å². The van der Waals surface area contributed by atoms with Gasteiger partial charge in [-0.2, -0.15) is 0 Å². The van der Waals surface area contributed by atoms with Gasteiger partial charge in [-0.25, -0.2) is 0 Å². The Hall–Kier alpha value is -1.10. The summed E-state index contributed by atoms with van der Waals surface area (Å²) in [7, 11) is 2.19. The Morgan fingerprint density at radius 1 is 1.38 bits per heavy atom. The van der Waals surface area contributed by atoms with Gasteiger partial charge in [0.25, 0.3) is 0 Å². The number of nitrogens with one attached hydrogen (secondary N) is 1. The predicted octanol–water partition coefficient (Wildman–Crippen LogP) is 3.90. The first-order valence-corrected chi connectivity index (χ1v) is 8.57. The maximum absolute atomic E-state index is 5.61. The van der Waals surface area contributed by atoms with Gasteiger partial charge in [-0.3, -0.25) is 4.90 Å². The third-order valence-electron chi connectivity index (χ3n) is 3.80. The average molecular weight is 306 g/mol. The molecule has 4 heteroatoms. The van der Waals surface area contributed by atoms with Crippen molar-refractivity contribution in [3.8, 4) is 0 Å². The van der Waals surface area contributed by atoms with Crippen molar-refractivity contribution in [1.82, 2.24) is 10.2 Å². The molecule has 0 radical (unpaired) electrons. The monoisotopic (exact) mass is 306 g/mol. The summed E-state index contributed by atoms with van der Waals surface area (Å²) >= 11 is 1.84. The van der Waals surface area contributed by atoms with Crippen LogP contribution in [0.25, 0.3) is 0 Å². The van der Waals surface area contributed by atoms with E-state index in [0.717, 1.165) is 38.2 Å². The molecule has 0 saturated heterocycles. The summed E-state index contributed by atoms with van der Waals surface area (Å²) in [6, 6.07) is 6.96. The van der Waals surface area contributed by atoms with Crippen LogP contribution in [0.5, 0.6) is 0 Å². The highest BCUT2D eigenvalue weighted by molar-refractivity contribution is 7.09. The van der Waals surface area contributed by atoms with Crippen molar-refractivity contribution in [2.45, 2.75) is 45.8 Å². The van der Waals surface area contributed by atoms with Crippen molar-refractivity contribution >= 4 is 11.3 Å². The fourth-order valence-electron chi connectivity index (χ4n) is 2.34. The van der Waals surface area contributed by atoms with Crippen LogP contribution in [0, 0.1) is 0 Å². The van der Waals surface area contributed by atoms with Gasteiger partial charge in [0, 0.05) is 23.0 Å². The van der Waals surface area contributed by atoms with E-state index in [0.29, 0.717) is 6.04 Å². The Labute approximate surface area is 132 Å². The molecule has 0 aromatic carbocycles. The first kappa shape index (κ1) is 16.3. The van der Waals surface area contributed by atoms with Gasteiger partial charge in [-0.05, 0) is 50.9 Å². The highest BCUT2D eigenvalue weighted by Crippen LogP contribution is 2.17. The summed E-state index contributed by atoms with van der Waals surface area (Å²) in [6.07, 6.45) is 4.05. The van der Waals surface area contributed by atoms with E-state index in [9.17, 15) is 0 Å². The predicted molar refractivity (Wildman–Crippen MR) is 89.7 cm³/mol. The van der Waals surface area contributed by atoms with Crippen LogP contribution in [0.15, 0.2) is 34.3 Å². The van der Waals surface area contributed by atoms with Crippen LogP contribution in [-0.2, 0) is 19.5 Å². The van der Waals surface area contributed by atoms with Crippen LogP contribution < -0.4 is 5.32 Å². The topological polar surface area (TPSA) is 28.4 Å². The van der Waals surface area contributed by atoms with E-state index in [-0.39, 0.29) is 0 Å². The van der Waals surface area contributed by atoms with Gasteiger partial charge in [-0.15, -0.1) is 11.3 Å². The summed E-state index contributed by atoms with van der Waals surface area (Å²) in [5.41, 5.74) is 1.29. The summed E-state index contributed by atoms with van der Waals surface area (Å²) in [4.78, 5) is 3.85. The van der Waals surface area contributed by atoms with Gasteiger partial charge in [0.2, 0.25) is 0 Å². The second kappa shape index (κ2) is 8.37. The summed E-state index contributed by atoms with van der Waals surface area (Å²) in [6.45, 7) is 7.26. The SMILES string of the molecule is CCCNCc1occc1CN(C)C(C)Cc1cccs1. The smallest absolute Gasteiger partial charge is 0.122 e. The van der Waals surface area contributed by atoms with Crippen molar-refractivity contribution in [1.29, 1.82) is 0 Å². The van der Waals surface area contributed by atoms with Crippen molar-refractivity contribution in [2.24, 2.45) is 0 Å². The Morgan fingerprint density at radius 2 is 2.24 bits per heavy atom. The molecule has 0 amide bonds. The van der Waals surface area contributed by atoms with Gasteiger partial charge < -0.3 is 9.73 Å². The number of rotatable bonds is 9. The minimum Gasteiger partial charge on any atom is -0.468 e. The van der Waals surface area contributed by atoms with Crippen LogP contribution in [0.3, 0.4) is 0 Å². The summed E-state index contributed by atoms with van der Waals surface area (Å²) in [5, 5.41) is 5.55. The largest absolute Gasteiger partial charge is 0.468 e. The molecule has 1 unspecified atom stereocenters. The third kappa shape index (κ3) is 4.99. The van der Waals surface area contributed by atoms with Gasteiger partial charge in [0.05, 0.1) is 12.8 Å². The number of nitrogens with zero attached hydrogens (tertiary/aromatic N) is 1. The molecule has 0 spiro atoms. The van der Waals surface area contributed by atoms with Gasteiger partial charge in [-0.1, -0.05) is 13.0 Å². The molecule has 116 valence electrons. The highest BCUT2D eigenvalue weighted by Gasteiger charge is 2.14. The zero-order valence-electron chi connectivity index (χ0n) is 13.3. The fourth-order valence-corrected chi connectivity index (χ4v) is 3.17. The number of likely N-dealkylation sites (N-methyl/N-ethyl adjacent to an activating group) is 1. The van der Waals surface area contributed by atoms with Crippen molar-refractivity contribution in [2.75, 3.05) is 13.6 Å². The van der Waals surface area contributed by atoms with Crippen LogP contribution >= 0.6 is 11.3 Å². The Bertz CT molecular complexity index is 507. The minimum atomic E-state index is 0.523. The van der Waals surface area contributed by atoms with E-state index in [1.165, 1.54) is 10.4 Å². The maximum Gasteiger partial charge on any atom is 0.122 e. The van der Waals surface area contributed by atoms with Crippen LogP contribution in [0.1, 0.15) is 36.5 Å². The van der Waals surface area contributed by atoms with E-state index in [1.807, 2.05) is 11.3 Å². The maximum atomic E-state index is 5.61. The lowest BCUT2D eigenvalue weighted by Crippen LogP contribution is -2.30. The number of furan rings is 1. The Morgan fingerprint density at radius 3 is 2.95 bits per heavy atom. The quantitative estimate of drug-likeness (QED) is 0.712. The molecule has 2 heterocycles. The molecule has 0 aliphatic heterocycles. The van der Waals surface area contributed by atoms with E-state index >= 15 is 0 Å². The molecule has 0 saturated carbocycles. The lowest BCUT2D eigenvalue weighted by Gasteiger charge is -2.24. The highest BCUT2D eigenvalue weighted by atomic mass is 32.1.